The third kappa shape index (κ3) is 4.78. The number of benzene rings is 1. The first-order chi connectivity index (χ1) is 14.6. The monoisotopic (exact) mass is 414 g/mol. The Bertz CT molecular complexity index is 865. The number of halogens is 2. The van der Waals surface area contributed by atoms with E-state index in [1.807, 2.05) is 11.0 Å². The van der Waals surface area contributed by atoms with Crippen LogP contribution in [0.4, 0.5) is 14.6 Å². The first-order valence-corrected chi connectivity index (χ1v) is 10.8. The van der Waals surface area contributed by atoms with E-state index in [0.717, 1.165) is 45.3 Å². The van der Waals surface area contributed by atoms with Crippen molar-refractivity contribution < 1.29 is 13.6 Å². The molecule has 0 spiro atoms. The Kier molecular flexibility index (Phi) is 6.57. The molecule has 4 rings (SSSR count). The number of carbonyl (C=O) groups is 1. The zero-order valence-corrected chi connectivity index (χ0v) is 17.1. The van der Waals surface area contributed by atoms with Crippen LogP contribution in [0.5, 0.6) is 0 Å². The van der Waals surface area contributed by atoms with Gasteiger partial charge in [-0.05, 0) is 62.9 Å². The number of rotatable bonds is 5. The molecule has 1 aromatic carbocycles. The van der Waals surface area contributed by atoms with Crippen molar-refractivity contribution in [2.45, 2.75) is 44.7 Å². The molecule has 2 fully saturated rings. The van der Waals surface area contributed by atoms with Gasteiger partial charge in [-0.15, -0.1) is 0 Å². The normalized spacial score (nSPS) is 20.2. The van der Waals surface area contributed by atoms with Crippen molar-refractivity contribution in [1.29, 1.82) is 0 Å². The van der Waals surface area contributed by atoms with Crippen LogP contribution in [-0.2, 0) is 6.54 Å². The SMILES string of the molecule is O=C(c1cccnc1NC1CCCN(Cc2c(F)cccc2F)C1)N1CCCCC1. The molecule has 0 saturated carbocycles. The van der Waals surface area contributed by atoms with Crippen LogP contribution in [0.2, 0.25) is 0 Å². The van der Waals surface area contributed by atoms with Gasteiger partial charge >= 0.3 is 0 Å². The number of likely N-dealkylation sites (tertiary alicyclic amines) is 2. The molecule has 5 nitrogen and oxygen atoms in total. The van der Waals surface area contributed by atoms with E-state index in [-0.39, 0.29) is 24.1 Å². The molecule has 1 aromatic heterocycles. The predicted octanol–water partition coefficient (Wildman–Crippen LogP) is 4.06. The van der Waals surface area contributed by atoms with E-state index in [1.165, 1.54) is 24.6 Å². The molecule has 30 heavy (non-hydrogen) atoms. The molecule has 1 atom stereocenters. The highest BCUT2D eigenvalue weighted by molar-refractivity contribution is 5.98. The Morgan fingerprint density at radius 2 is 1.80 bits per heavy atom. The van der Waals surface area contributed by atoms with Gasteiger partial charge in [-0.2, -0.15) is 0 Å². The zero-order valence-electron chi connectivity index (χ0n) is 17.1. The van der Waals surface area contributed by atoms with E-state index in [2.05, 4.69) is 15.2 Å². The predicted molar refractivity (Wildman–Crippen MR) is 112 cm³/mol. The quantitative estimate of drug-likeness (QED) is 0.802. The molecule has 1 N–H and O–H groups in total. The number of aromatic nitrogens is 1. The highest BCUT2D eigenvalue weighted by Gasteiger charge is 2.25. The Morgan fingerprint density at radius 1 is 1.03 bits per heavy atom. The van der Waals surface area contributed by atoms with Crippen molar-refractivity contribution in [2.24, 2.45) is 0 Å². The number of nitrogens with zero attached hydrogens (tertiary/aromatic N) is 3. The van der Waals surface area contributed by atoms with Gasteiger partial charge in [-0.1, -0.05) is 6.07 Å². The first kappa shape index (κ1) is 20.7. The zero-order chi connectivity index (χ0) is 20.9. The molecule has 1 amide bonds. The summed E-state index contributed by atoms with van der Waals surface area (Å²) in [6, 6.07) is 7.65. The number of anilines is 1. The highest BCUT2D eigenvalue weighted by Crippen LogP contribution is 2.23. The number of piperidine rings is 2. The molecule has 2 aliphatic heterocycles. The molecule has 0 aliphatic carbocycles. The van der Waals surface area contributed by atoms with Crippen LogP contribution in [0.3, 0.4) is 0 Å². The number of hydrogen-bond donors (Lipinski definition) is 1. The average Bonchev–Trinajstić information content (AvgIpc) is 2.77. The van der Waals surface area contributed by atoms with Crippen LogP contribution in [0.15, 0.2) is 36.5 Å². The van der Waals surface area contributed by atoms with Crippen molar-refractivity contribution in [3.8, 4) is 0 Å². The molecule has 2 aliphatic rings. The third-order valence-electron chi connectivity index (χ3n) is 5.97. The Hall–Kier alpha value is -2.54. The number of carbonyl (C=O) groups excluding carboxylic acids is 1. The van der Waals surface area contributed by atoms with E-state index in [9.17, 15) is 13.6 Å². The summed E-state index contributed by atoms with van der Waals surface area (Å²) in [7, 11) is 0. The van der Waals surface area contributed by atoms with Crippen LogP contribution in [-0.4, -0.2) is 52.9 Å². The van der Waals surface area contributed by atoms with Gasteiger partial charge in [0.15, 0.2) is 0 Å². The van der Waals surface area contributed by atoms with Gasteiger partial charge in [-0.3, -0.25) is 9.69 Å². The fourth-order valence-corrected chi connectivity index (χ4v) is 4.38. The van der Waals surface area contributed by atoms with E-state index in [4.69, 9.17) is 0 Å². The lowest BCUT2D eigenvalue weighted by molar-refractivity contribution is 0.0725. The maximum absolute atomic E-state index is 14.0. The van der Waals surface area contributed by atoms with Gasteiger partial charge in [0.05, 0.1) is 5.56 Å². The topological polar surface area (TPSA) is 48.5 Å². The second kappa shape index (κ2) is 9.51. The minimum Gasteiger partial charge on any atom is -0.365 e. The maximum Gasteiger partial charge on any atom is 0.257 e. The molecule has 0 radical (unpaired) electrons. The molecular weight excluding hydrogens is 386 g/mol. The second-order valence-corrected chi connectivity index (χ2v) is 8.17. The summed E-state index contributed by atoms with van der Waals surface area (Å²) in [5.41, 5.74) is 0.702. The lowest BCUT2D eigenvalue weighted by atomic mass is 10.0. The van der Waals surface area contributed by atoms with Gasteiger partial charge in [0.1, 0.15) is 17.5 Å². The van der Waals surface area contributed by atoms with Crippen LogP contribution >= 0.6 is 0 Å². The molecule has 0 bridgehead atoms. The van der Waals surface area contributed by atoms with E-state index < -0.39 is 11.6 Å². The van der Waals surface area contributed by atoms with Crippen molar-refractivity contribution in [1.82, 2.24) is 14.8 Å². The smallest absolute Gasteiger partial charge is 0.257 e. The van der Waals surface area contributed by atoms with Crippen LogP contribution < -0.4 is 5.32 Å². The van der Waals surface area contributed by atoms with Crippen LogP contribution in [0.1, 0.15) is 48.0 Å². The lowest BCUT2D eigenvalue weighted by Crippen LogP contribution is -2.42. The van der Waals surface area contributed by atoms with E-state index in [1.54, 1.807) is 12.3 Å². The summed E-state index contributed by atoms with van der Waals surface area (Å²) in [5, 5.41) is 3.43. The molecule has 2 aromatic rings. The largest absolute Gasteiger partial charge is 0.365 e. The lowest BCUT2D eigenvalue weighted by Gasteiger charge is -2.34. The molecule has 1 unspecified atom stereocenters. The Balaban J connectivity index is 1.44. The average molecular weight is 415 g/mol. The second-order valence-electron chi connectivity index (χ2n) is 8.17. The minimum atomic E-state index is -0.510. The van der Waals surface area contributed by atoms with Crippen molar-refractivity contribution in [3.05, 3.63) is 59.3 Å². The fraction of sp³-hybridized carbons (Fsp3) is 0.478. The number of nitrogens with one attached hydrogen (secondary N) is 1. The number of amides is 1. The molecule has 3 heterocycles. The molecular formula is C23H28F2N4O. The van der Waals surface area contributed by atoms with Crippen molar-refractivity contribution >= 4 is 11.7 Å². The van der Waals surface area contributed by atoms with Gasteiger partial charge in [0.2, 0.25) is 0 Å². The highest BCUT2D eigenvalue weighted by atomic mass is 19.1. The van der Waals surface area contributed by atoms with Gasteiger partial charge in [0.25, 0.3) is 5.91 Å². The summed E-state index contributed by atoms with van der Waals surface area (Å²) in [6.07, 6.45) is 6.77. The molecule has 160 valence electrons. The summed E-state index contributed by atoms with van der Waals surface area (Å²) >= 11 is 0. The maximum atomic E-state index is 14.0. The van der Waals surface area contributed by atoms with Gasteiger partial charge in [0, 0.05) is 44.0 Å². The van der Waals surface area contributed by atoms with Crippen LogP contribution in [0, 0.1) is 11.6 Å². The summed E-state index contributed by atoms with van der Waals surface area (Å²) in [5.74, 6) is -0.406. The Labute approximate surface area is 176 Å². The number of hydrogen-bond acceptors (Lipinski definition) is 4. The summed E-state index contributed by atoms with van der Waals surface area (Å²) in [6.45, 7) is 3.24. The Morgan fingerprint density at radius 3 is 2.57 bits per heavy atom. The molecule has 2 saturated heterocycles. The van der Waals surface area contributed by atoms with Crippen molar-refractivity contribution in [2.75, 3.05) is 31.5 Å². The first-order valence-electron chi connectivity index (χ1n) is 10.8. The minimum absolute atomic E-state index is 0.0198. The van der Waals surface area contributed by atoms with E-state index >= 15 is 0 Å². The van der Waals surface area contributed by atoms with Gasteiger partial charge in [-0.25, -0.2) is 13.8 Å². The van der Waals surface area contributed by atoms with Crippen LogP contribution in [0.25, 0.3) is 0 Å². The molecule has 7 heteroatoms. The summed E-state index contributed by atoms with van der Waals surface area (Å²) < 4.78 is 28.1. The third-order valence-corrected chi connectivity index (χ3v) is 5.97. The van der Waals surface area contributed by atoms with Gasteiger partial charge < -0.3 is 10.2 Å². The standard InChI is InChI=1S/C23H28F2N4O/c24-20-9-4-10-21(25)19(20)16-28-12-6-7-17(15-28)27-22-18(8-5-11-26-22)23(30)29-13-2-1-3-14-29/h4-5,8-11,17H,1-3,6-7,12-16H2,(H,26,27). The fourth-order valence-electron chi connectivity index (χ4n) is 4.38. The summed E-state index contributed by atoms with van der Waals surface area (Å²) in [4.78, 5) is 21.4. The van der Waals surface area contributed by atoms with E-state index in [0.29, 0.717) is 17.9 Å². The number of pyridine rings is 1. The van der Waals surface area contributed by atoms with Crippen molar-refractivity contribution in [3.63, 3.8) is 0 Å².